The molecule has 2 rings (SSSR count). The summed E-state index contributed by atoms with van der Waals surface area (Å²) in [6.45, 7) is 0. The van der Waals surface area contributed by atoms with Gasteiger partial charge in [0.15, 0.2) is 11.1 Å². The van der Waals surface area contributed by atoms with E-state index in [1.54, 1.807) is 18.2 Å². The van der Waals surface area contributed by atoms with Crippen LogP contribution in [0.5, 0.6) is 11.5 Å². The number of hydrogen-bond acceptors (Lipinski definition) is 3. The van der Waals surface area contributed by atoms with Crippen LogP contribution in [0.25, 0.3) is 11.1 Å². The molecule has 2 aromatic rings. The molecule has 0 bridgehead atoms. The fraction of sp³-hybridized carbons (Fsp3) is 0. The van der Waals surface area contributed by atoms with Crippen LogP contribution in [0.4, 0.5) is 0 Å². The number of benzene rings is 2. The summed E-state index contributed by atoms with van der Waals surface area (Å²) in [6.07, 6.45) is 0. The Balaban J connectivity index is 2.70. The molecule has 0 aliphatic rings. The quantitative estimate of drug-likeness (QED) is 0.715. The van der Waals surface area contributed by atoms with Crippen molar-refractivity contribution in [3.8, 4) is 22.6 Å². The number of para-hydroxylation sites is 1. The molecule has 0 heterocycles. The van der Waals surface area contributed by atoms with Gasteiger partial charge in [-0.2, -0.15) is 0 Å². The van der Waals surface area contributed by atoms with Gasteiger partial charge >= 0.3 is 0 Å². The predicted molar refractivity (Wildman–Crippen MR) is 64.2 cm³/mol. The average Bonchev–Trinajstić information content (AvgIpc) is 2.29. The van der Waals surface area contributed by atoms with E-state index in [9.17, 15) is 14.4 Å². The van der Waals surface area contributed by atoms with Gasteiger partial charge in [-0.15, -0.1) is 0 Å². The number of aromatic hydroxyl groups is 2. The van der Waals surface area contributed by atoms with Gasteiger partial charge in [0.05, 0.1) is 4.90 Å². The maximum absolute atomic E-state index is 11.2. The van der Waals surface area contributed by atoms with Crippen LogP contribution in [0.1, 0.15) is 0 Å². The summed E-state index contributed by atoms with van der Waals surface area (Å²) in [5.74, 6) is -0.0396. The smallest absolute Gasteiger partial charge is 0.187 e. The second-order valence-corrected chi connectivity index (χ2v) is 4.38. The summed E-state index contributed by atoms with van der Waals surface area (Å²) >= 11 is -2.18. The zero-order valence-electron chi connectivity index (χ0n) is 8.70. The summed E-state index contributed by atoms with van der Waals surface area (Å²) in [5, 5.41) is 19.1. The monoisotopic (exact) mass is 250 g/mol. The van der Waals surface area contributed by atoms with E-state index in [1.807, 2.05) is 0 Å². The third-order valence-electron chi connectivity index (χ3n) is 2.35. The van der Waals surface area contributed by atoms with E-state index in [1.165, 1.54) is 24.3 Å². The number of phenols is 2. The van der Waals surface area contributed by atoms with Gasteiger partial charge in [-0.1, -0.05) is 18.2 Å². The van der Waals surface area contributed by atoms with Crippen LogP contribution in [0, 0.1) is 0 Å². The van der Waals surface area contributed by atoms with Gasteiger partial charge < -0.3 is 14.8 Å². The molecule has 1 atom stereocenters. The first kappa shape index (κ1) is 11.6. The molecule has 0 aliphatic carbocycles. The molecule has 88 valence electrons. The lowest BCUT2D eigenvalue weighted by Crippen LogP contribution is -1.92. The first-order valence-corrected chi connectivity index (χ1v) is 5.92. The van der Waals surface area contributed by atoms with Gasteiger partial charge in [0.2, 0.25) is 0 Å². The predicted octanol–water partition coefficient (Wildman–Crippen LogP) is 2.35. The summed E-state index contributed by atoms with van der Waals surface area (Å²) in [6, 6.07) is 10.5. The van der Waals surface area contributed by atoms with Gasteiger partial charge in [0, 0.05) is 11.1 Å². The summed E-state index contributed by atoms with van der Waals surface area (Å²) in [5.41, 5.74) is 0.740. The SMILES string of the molecule is O=S(O)c1ccc(O)cc1-c1ccccc1O. The van der Waals surface area contributed by atoms with Gasteiger partial charge in [0.25, 0.3) is 0 Å². The Morgan fingerprint density at radius 2 is 1.65 bits per heavy atom. The van der Waals surface area contributed by atoms with Crippen LogP contribution in [-0.2, 0) is 11.1 Å². The number of phenolic OH excluding ortho intramolecular Hbond substituents is 2. The molecule has 0 radical (unpaired) electrons. The summed E-state index contributed by atoms with van der Waals surface area (Å²) < 4.78 is 20.3. The standard InChI is InChI=1S/C12H10O4S/c13-8-5-6-12(17(15)16)10(7-8)9-3-1-2-4-11(9)14/h1-7,13-14H,(H,15,16). The number of rotatable bonds is 2. The van der Waals surface area contributed by atoms with Crippen LogP contribution < -0.4 is 0 Å². The van der Waals surface area contributed by atoms with Crippen molar-refractivity contribution in [3.05, 3.63) is 42.5 Å². The highest BCUT2D eigenvalue weighted by molar-refractivity contribution is 7.79. The molecule has 0 amide bonds. The molecule has 0 aliphatic heterocycles. The minimum atomic E-state index is -2.18. The molecular weight excluding hydrogens is 240 g/mol. The fourth-order valence-corrected chi connectivity index (χ4v) is 2.12. The van der Waals surface area contributed by atoms with E-state index in [4.69, 9.17) is 4.55 Å². The third kappa shape index (κ3) is 2.30. The molecule has 2 aromatic carbocycles. The normalized spacial score (nSPS) is 12.3. The first-order chi connectivity index (χ1) is 8.09. The molecule has 0 aromatic heterocycles. The van der Waals surface area contributed by atoms with Gasteiger partial charge in [-0.3, -0.25) is 0 Å². The highest BCUT2D eigenvalue weighted by Crippen LogP contribution is 2.34. The third-order valence-corrected chi connectivity index (χ3v) is 3.08. The Labute approximate surface area is 100 Å². The van der Waals surface area contributed by atoms with Crippen molar-refractivity contribution in [1.82, 2.24) is 0 Å². The van der Waals surface area contributed by atoms with Crippen LogP contribution in [0.15, 0.2) is 47.4 Å². The van der Waals surface area contributed by atoms with Crippen LogP contribution in [0.2, 0.25) is 0 Å². The van der Waals surface area contributed by atoms with Crippen LogP contribution in [0.3, 0.4) is 0 Å². The van der Waals surface area contributed by atoms with Crippen molar-refractivity contribution < 1.29 is 19.0 Å². The lowest BCUT2D eigenvalue weighted by atomic mass is 10.0. The largest absolute Gasteiger partial charge is 0.508 e. The zero-order chi connectivity index (χ0) is 12.4. The molecule has 0 saturated heterocycles. The summed E-state index contributed by atoms with van der Waals surface area (Å²) in [7, 11) is 0. The van der Waals surface area contributed by atoms with E-state index < -0.39 is 11.1 Å². The van der Waals surface area contributed by atoms with Crippen molar-refractivity contribution in [3.63, 3.8) is 0 Å². The van der Waals surface area contributed by atoms with Crippen molar-refractivity contribution in [1.29, 1.82) is 0 Å². The Morgan fingerprint density at radius 1 is 0.941 bits per heavy atom. The molecule has 0 fully saturated rings. The Hall–Kier alpha value is -1.85. The molecular formula is C12H10O4S. The maximum Gasteiger partial charge on any atom is 0.187 e. The molecule has 1 unspecified atom stereocenters. The molecule has 4 nitrogen and oxygen atoms in total. The lowest BCUT2D eigenvalue weighted by Gasteiger charge is -2.08. The van der Waals surface area contributed by atoms with E-state index in [0.29, 0.717) is 11.1 Å². The number of hydrogen-bond donors (Lipinski definition) is 3. The van der Waals surface area contributed by atoms with Crippen molar-refractivity contribution >= 4 is 11.1 Å². The molecule has 3 N–H and O–H groups in total. The van der Waals surface area contributed by atoms with Crippen molar-refractivity contribution in [2.24, 2.45) is 0 Å². The maximum atomic E-state index is 11.2. The molecule has 5 heteroatoms. The Bertz CT molecular complexity index is 580. The Morgan fingerprint density at radius 3 is 2.29 bits per heavy atom. The van der Waals surface area contributed by atoms with E-state index in [0.717, 1.165) is 0 Å². The van der Waals surface area contributed by atoms with Gasteiger partial charge in [-0.05, 0) is 24.3 Å². The average molecular weight is 250 g/mol. The van der Waals surface area contributed by atoms with E-state index in [-0.39, 0.29) is 16.4 Å². The van der Waals surface area contributed by atoms with Crippen LogP contribution in [-0.4, -0.2) is 19.0 Å². The fourth-order valence-electron chi connectivity index (χ4n) is 1.58. The molecule has 17 heavy (non-hydrogen) atoms. The second kappa shape index (κ2) is 4.57. The lowest BCUT2D eigenvalue weighted by molar-refractivity contribution is 0.473. The topological polar surface area (TPSA) is 77.8 Å². The van der Waals surface area contributed by atoms with Crippen molar-refractivity contribution in [2.45, 2.75) is 4.90 Å². The van der Waals surface area contributed by atoms with E-state index in [2.05, 4.69) is 0 Å². The minimum Gasteiger partial charge on any atom is -0.508 e. The first-order valence-electron chi connectivity index (χ1n) is 4.82. The minimum absolute atomic E-state index is 0.00944. The van der Waals surface area contributed by atoms with Crippen LogP contribution >= 0.6 is 0 Å². The molecule has 0 spiro atoms. The zero-order valence-corrected chi connectivity index (χ0v) is 9.52. The Kier molecular flexibility index (Phi) is 3.12. The van der Waals surface area contributed by atoms with E-state index >= 15 is 0 Å². The summed E-state index contributed by atoms with van der Waals surface area (Å²) in [4.78, 5) is 0.143. The second-order valence-electron chi connectivity index (χ2n) is 3.45. The van der Waals surface area contributed by atoms with Gasteiger partial charge in [-0.25, -0.2) is 4.21 Å². The van der Waals surface area contributed by atoms with Gasteiger partial charge in [0.1, 0.15) is 11.5 Å². The highest BCUT2D eigenvalue weighted by Gasteiger charge is 2.13. The highest BCUT2D eigenvalue weighted by atomic mass is 32.2. The van der Waals surface area contributed by atoms with Crippen molar-refractivity contribution in [2.75, 3.05) is 0 Å². The molecule has 0 saturated carbocycles.